The van der Waals surface area contributed by atoms with E-state index in [2.05, 4.69) is 10.2 Å². The quantitative estimate of drug-likeness (QED) is 0.523. The van der Waals surface area contributed by atoms with Gasteiger partial charge in [0, 0.05) is 30.8 Å². The van der Waals surface area contributed by atoms with Gasteiger partial charge in [0.2, 0.25) is 5.91 Å². The minimum absolute atomic E-state index is 0.0499. The highest BCUT2D eigenvalue weighted by atomic mass is 16.6. The summed E-state index contributed by atoms with van der Waals surface area (Å²) in [7, 11) is 0. The molecule has 1 unspecified atom stereocenters. The molecular weight excluding hydrogens is 282 g/mol. The summed E-state index contributed by atoms with van der Waals surface area (Å²) >= 11 is 0. The molecule has 6 heteroatoms. The van der Waals surface area contributed by atoms with Gasteiger partial charge in [-0.3, -0.25) is 14.9 Å². The van der Waals surface area contributed by atoms with Crippen molar-refractivity contribution in [2.24, 2.45) is 5.92 Å². The van der Waals surface area contributed by atoms with Gasteiger partial charge in [0.15, 0.2) is 0 Å². The molecular formula is C16H19N3O3. The Hall–Kier alpha value is -2.21. The molecule has 6 nitrogen and oxygen atoms in total. The molecule has 1 aromatic rings. The van der Waals surface area contributed by atoms with E-state index in [0.29, 0.717) is 5.92 Å². The van der Waals surface area contributed by atoms with Gasteiger partial charge in [-0.15, -0.1) is 0 Å². The fourth-order valence-electron chi connectivity index (χ4n) is 3.24. The maximum absolute atomic E-state index is 12.0. The Bertz CT molecular complexity index is 589. The van der Waals surface area contributed by atoms with Crippen molar-refractivity contribution >= 4 is 17.7 Å². The number of non-ortho nitro benzene ring substituents is 1. The number of nitrogens with one attached hydrogen (secondary N) is 1. The van der Waals surface area contributed by atoms with E-state index in [1.165, 1.54) is 18.2 Å². The summed E-state index contributed by atoms with van der Waals surface area (Å²) in [6, 6.07) is 6.39. The molecule has 1 aromatic carbocycles. The second-order valence-electron chi connectivity index (χ2n) is 5.94. The highest BCUT2D eigenvalue weighted by Gasteiger charge is 2.34. The van der Waals surface area contributed by atoms with Gasteiger partial charge in [0.1, 0.15) is 0 Å². The first kappa shape index (κ1) is 14.7. The van der Waals surface area contributed by atoms with Gasteiger partial charge in [0.25, 0.3) is 5.69 Å². The van der Waals surface area contributed by atoms with E-state index in [9.17, 15) is 14.9 Å². The summed E-state index contributed by atoms with van der Waals surface area (Å²) in [5.41, 5.74) is 0.823. The summed E-state index contributed by atoms with van der Waals surface area (Å²) in [6.07, 6.45) is 5.51. The van der Waals surface area contributed by atoms with Crippen LogP contribution in [0.25, 0.3) is 6.08 Å². The summed E-state index contributed by atoms with van der Waals surface area (Å²) in [5, 5.41) is 13.7. The maximum atomic E-state index is 12.0. The number of fused-ring (bicyclic) bond motifs is 3. The minimum atomic E-state index is -0.437. The van der Waals surface area contributed by atoms with E-state index < -0.39 is 4.92 Å². The van der Waals surface area contributed by atoms with E-state index in [1.54, 1.807) is 18.2 Å². The van der Waals surface area contributed by atoms with Crippen molar-refractivity contribution in [2.45, 2.75) is 18.9 Å². The molecule has 22 heavy (non-hydrogen) atoms. The van der Waals surface area contributed by atoms with Crippen LogP contribution in [0.2, 0.25) is 0 Å². The first-order chi connectivity index (χ1) is 10.6. The molecule has 3 heterocycles. The molecule has 4 rings (SSSR count). The largest absolute Gasteiger partial charge is 0.348 e. The Labute approximate surface area is 129 Å². The van der Waals surface area contributed by atoms with Crippen molar-refractivity contribution in [2.75, 3.05) is 19.6 Å². The third kappa shape index (κ3) is 3.33. The van der Waals surface area contributed by atoms with Gasteiger partial charge in [0.05, 0.1) is 4.92 Å². The number of carbonyl (C=O) groups excluding carboxylic acids is 1. The zero-order valence-corrected chi connectivity index (χ0v) is 12.3. The average Bonchev–Trinajstić information content (AvgIpc) is 2.54. The lowest BCUT2D eigenvalue weighted by Gasteiger charge is -2.44. The fraction of sp³-hybridized carbons (Fsp3) is 0.438. The van der Waals surface area contributed by atoms with Crippen molar-refractivity contribution in [1.82, 2.24) is 10.2 Å². The number of amides is 1. The highest BCUT2D eigenvalue weighted by molar-refractivity contribution is 5.92. The Kier molecular flexibility index (Phi) is 4.20. The first-order valence-corrected chi connectivity index (χ1v) is 7.57. The molecule has 3 aliphatic heterocycles. The van der Waals surface area contributed by atoms with Gasteiger partial charge >= 0.3 is 0 Å². The van der Waals surface area contributed by atoms with Crippen molar-refractivity contribution in [3.8, 4) is 0 Å². The van der Waals surface area contributed by atoms with Gasteiger partial charge in [-0.25, -0.2) is 0 Å². The molecule has 3 saturated heterocycles. The van der Waals surface area contributed by atoms with Crippen LogP contribution < -0.4 is 5.32 Å². The van der Waals surface area contributed by atoms with Gasteiger partial charge in [-0.2, -0.15) is 0 Å². The Morgan fingerprint density at radius 3 is 2.50 bits per heavy atom. The zero-order valence-electron chi connectivity index (χ0n) is 12.3. The van der Waals surface area contributed by atoms with Crippen LogP contribution in [0.4, 0.5) is 5.69 Å². The van der Waals surface area contributed by atoms with Gasteiger partial charge in [-0.1, -0.05) is 0 Å². The number of piperidine rings is 3. The fourth-order valence-corrected chi connectivity index (χ4v) is 3.24. The second kappa shape index (κ2) is 6.27. The lowest BCUT2D eigenvalue weighted by Crippen LogP contribution is -2.57. The predicted octanol–water partition coefficient (Wildman–Crippen LogP) is 1.82. The van der Waals surface area contributed by atoms with E-state index >= 15 is 0 Å². The van der Waals surface area contributed by atoms with Crippen molar-refractivity contribution in [3.63, 3.8) is 0 Å². The van der Waals surface area contributed by atoms with Crippen LogP contribution in [0.5, 0.6) is 0 Å². The number of rotatable bonds is 4. The molecule has 3 aliphatic rings. The van der Waals surface area contributed by atoms with Crippen molar-refractivity contribution in [1.29, 1.82) is 0 Å². The number of hydrogen-bond acceptors (Lipinski definition) is 4. The Balaban J connectivity index is 1.56. The lowest BCUT2D eigenvalue weighted by atomic mass is 9.84. The van der Waals surface area contributed by atoms with Crippen molar-refractivity contribution in [3.05, 3.63) is 46.0 Å². The van der Waals surface area contributed by atoms with Crippen LogP contribution in [0.15, 0.2) is 30.3 Å². The molecule has 0 aliphatic carbocycles. The van der Waals surface area contributed by atoms with Crippen LogP contribution in [0.3, 0.4) is 0 Å². The van der Waals surface area contributed by atoms with E-state index in [1.807, 2.05) is 0 Å². The van der Waals surface area contributed by atoms with E-state index in [4.69, 9.17) is 0 Å². The van der Waals surface area contributed by atoms with Gasteiger partial charge in [-0.05, 0) is 55.6 Å². The number of hydrogen-bond donors (Lipinski definition) is 1. The number of benzene rings is 1. The third-order valence-corrected chi connectivity index (χ3v) is 4.51. The van der Waals surface area contributed by atoms with Crippen LogP contribution in [-0.2, 0) is 4.79 Å². The number of carbonyl (C=O) groups is 1. The molecule has 0 radical (unpaired) electrons. The second-order valence-corrected chi connectivity index (χ2v) is 5.94. The number of nitrogens with zero attached hydrogens (tertiary/aromatic N) is 2. The zero-order chi connectivity index (χ0) is 15.5. The molecule has 0 saturated carbocycles. The normalized spacial score (nSPS) is 27.0. The van der Waals surface area contributed by atoms with Crippen molar-refractivity contribution < 1.29 is 9.72 Å². The van der Waals surface area contributed by atoms with E-state index in [0.717, 1.165) is 38.0 Å². The standard InChI is InChI=1S/C16H19N3O3/c20-16(17-15-11-18-9-7-13(15)8-10-18)6-3-12-1-4-14(5-2-12)19(21)22/h1-6,13,15H,7-11H2,(H,17,20)/b6-3+. The van der Waals surface area contributed by atoms with Crippen LogP contribution in [0.1, 0.15) is 18.4 Å². The summed E-state index contributed by atoms with van der Waals surface area (Å²) in [5.74, 6) is 0.499. The summed E-state index contributed by atoms with van der Waals surface area (Å²) in [6.45, 7) is 3.24. The number of nitro benzene ring substituents is 1. The first-order valence-electron chi connectivity index (χ1n) is 7.57. The van der Waals surface area contributed by atoms with E-state index in [-0.39, 0.29) is 17.6 Å². The highest BCUT2D eigenvalue weighted by Crippen LogP contribution is 2.27. The Morgan fingerprint density at radius 1 is 1.27 bits per heavy atom. The minimum Gasteiger partial charge on any atom is -0.348 e. The molecule has 0 spiro atoms. The smallest absolute Gasteiger partial charge is 0.269 e. The SMILES string of the molecule is O=C(/C=C/c1ccc([N+](=O)[O-])cc1)NC1CN2CCC1CC2. The summed E-state index contributed by atoms with van der Waals surface area (Å²) in [4.78, 5) is 24.6. The van der Waals surface area contributed by atoms with Crippen LogP contribution in [-0.4, -0.2) is 41.4 Å². The van der Waals surface area contributed by atoms with Crippen LogP contribution >= 0.6 is 0 Å². The Morgan fingerprint density at radius 2 is 1.95 bits per heavy atom. The summed E-state index contributed by atoms with van der Waals surface area (Å²) < 4.78 is 0. The number of nitro groups is 1. The monoisotopic (exact) mass is 301 g/mol. The molecule has 2 bridgehead atoms. The van der Waals surface area contributed by atoms with Gasteiger partial charge < -0.3 is 10.2 Å². The molecule has 3 fully saturated rings. The molecule has 1 N–H and O–H groups in total. The molecule has 116 valence electrons. The lowest BCUT2D eigenvalue weighted by molar-refractivity contribution is -0.384. The maximum Gasteiger partial charge on any atom is 0.269 e. The molecule has 1 amide bonds. The predicted molar refractivity (Wildman–Crippen MR) is 83.2 cm³/mol. The van der Waals surface area contributed by atoms with Crippen LogP contribution in [0, 0.1) is 16.0 Å². The molecule has 0 aromatic heterocycles. The third-order valence-electron chi connectivity index (χ3n) is 4.51. The topological polar surface area (TPSA) is 75.5 Å². The average molecular weight is 301 g/mol. The molecule has 1 atom stereocenters.